The van der Waals surface area contributed by atoms with Crippen molar-refractivity contribution in [1.82, 2.24) is 0 Å². The Kier molecular flexibility index (Phi) is 1.78. The van der Waals surface area contributed by atoms with Gasteiger partial charge in [0.15, 0.2) is 0 Å². The normalized spacial score (nSPS) is 9.00. The van der Waals surface area contributed by atoms with Gasteiger partial charge < -0.3 is 0 Å². The van der Waals surface area contributed by atoms with Crippen molar-refractivity contribution in [2.75, 3.05) is 0 Å². The Morgan fingerprint density at radius 1 is 1.38 bits per heavy atom. The van der Waals surface area contributed by atoms with Crippen LogP contribution in [0.4, 0.5) is 0 Å². The molecule has 0 fully saturated rings. The molecular weight excluding hydrogens is 207 g/mol. The molecule has 0 bridgehead atoms. The van der Waals surface area contributed by atoms with Crippen molar-refractivity contribution >= 4 is 26.1 Å². The van der Waals surface area contributed by atoms with Gasteiger partial charge in [-0.3, -0.25) is 0 Å². The Balaban J connectivity index is 3.08. The van der Waals surface area contributed by atoms with Gasteiger partial charge in [-0.15, -0.1) is 0 Å². The van der Waals surface area contributed by atoms with Crippen molar-refractivity contribution in [2.24, 2.45) is 0 Å². The Morgan fingerprint density at radius 3 is 2.50 bits per heavy atom. The molecule has 0 aliphatic heterocycles. The van der Waals surface area contributed by atoms with Gasteiger partial charge in [0.25, 0.3) is 0 Å². The molecule has 8 heavy (non-hydrogen) atoms. The van der Waals surface area contributed by atoms with Crippen LogP contribution in [-0.2, 0) is 0 Å². The SMILES string of the molecule is Oc1ccc[c]([Sn+])c1. The molecule has 2 heteroatoms. The molecule has 1 aromatic carbocycles. The van der Waals surface area contributed by atoms with Crippen LogP contribution in [0.2, 0.25) is 0 Å². The van der Waals surface area contributed by atoms with Crippen LogP contribution in [0.5, 0.6) is 5.75 Å². The summed E-state index contributed by atoms with van der Waals surface area (Å²) in [7, 11) is 0. The van der Waals surface area contributed by atoms with Crippen molar-refractivity contribution in [1.29, 1.82) is 0 Å². The molecule has 0 atom stereocenters. The van der Waals surface area contributed by atoms with E-state index in [2.05, 4.69) is 0 Å². The van der Waals surface area contributed by atoms with Crippen LogP contribution in [0, 0.1) is 0 Å². The summed E-state index contributed by atoms with van der Waals surface area (Å²) >= 11 is 1.34. The fourth-order valence-corrected chi connectivity index (χ4v) is 1.20. The van der Waals surface area contributed by atoms with Crippen molar-refractivity contribution in [3.05, 3.63) is 24.3 Å². The van der Waals surface area contributed by atoms with Gasteiger partial charge in [-0.2, -0.15) is 0 Å². The van der Waals surface area contributed by atoms with E-state index < -0.39 is 0 Å². The summed E-state index contributed by atoms with van der Waals surface area (Å²) in [6.07, 6.45) is 0. The van der Waals surface area contributed by atoms with E-state index >= 15 is 0 Å². The average molecular weight is 212 g/mol. The minimum absolute atomic E-state index is 0.360. The van der Waals surface area contributed by atoms with Crippen molar-refractivity contribution in [3.63, 3.8) is 0 Å². The van der Waals surface area contributed by atoms with Crippen LogP contribution in [0.25, 0.3) is 0 Å². The molecule has 0 unspecified atom stereocenters. The van der Waals surface area contributed by atoms with Crippen molar-refractivity contribution < 1.29 is 5.11 Å². The molecule has 0 aliphatic rings. The van der Waals surface area contributed by atoms with Gasteiger partial charge in [0.1, 0.15) is 0 Å². The predicted octanol–water partition coefficient (Wildman–Crippen LogP) is 0.186. The third kappa shape index (κ3) is 1.40. The second kappa shape index (κ2) is 2.39. The first-order chi connectivity index (χ1) is 3.79. The van der Waals surface area contributed by atoms with E-state index in [0.29, 0.717) is 5.75 Å². The predicted molar refractivity (Wildman–Crippen MR) is 33.5 cm³/mol. The van der Waals surface area contributed by atoms with Crippen molar-refractivity contribution in [2.45, 2.75) is 0 Å². The van der Waals surface area contributed by atoms with E-state index in [4.69, 9.17) is 5.11 Å². The molecule has 0 saturated carbocycles. The van der Waals surface area contributed by atoms with E-state index in [1.165, 1.54) is 26.1 Å². The molecule has 1 N–H and O–H groups in total. The minimum atomic E-state index is 0.360. The maximum atomic E-state index is 8.83. The summed E-state index contributed by atoms with van der Waals surface area (Å²) in [5.41, 5.74) is 0. The van der Waals surface area contributed by atoms with E-state index in [1.807, 2.05) is 12.1 Å². The molecule has 0 aromatic heterocycles. The summed E-state index contributed by atoms with van der Waals surface area (Å²) in [4.78, 5) is 0. The number of rotatable bonds is 0. The fourth-order valence-electron chi connectivity index (χ4n) is 0.506. The van der Waals surface area contributed by atoms with Gasteiger partial charge in [-0.05, 0) is 0 Å². The van der Waals surface area contributed by atoms with Gasteiger partial charge in [-0.1, -0.05) is 0 Å². The summed E-state index contributed by atoms with van der Waals surface area (Å²) < 4.78 is 1.18. The van der Waals surface area contributed by atoms with Crippen molar-refractivity contribution in [3.8, 4) is 5.75 Å². The summed E-state index contributed by atoms with van der Waals surface area (Å²) in [5, 5.41) is 8.83. The molecule has 0 saturated heterocycles. The first-order valence-electron chi connectivity index (χ1n) is 2.29. The zero-order valence-corrected chi connectivity index (χ0v) is 7.11. The summed E-state index contributed by atoms with van der Waals surface area (Å²) in [5.74, 6) is 0.360. The van der Waals surface area contributed by atoms with Gasteiger partial charge >= 0.3 is 61.2 Å². The number of benzene rings is 1. The molecule has 1 rings (SSSR count). The zero-order chi connectivity index (χ0) is 5.98. The van der Waals surface area contributed by atoms with Gasteiger partial charge in [0, 0.05) is 0 Å². The third-order valence-corrected chi connectivity index (χ3v) is 1.73. The Hall–Kier alpha value is -0.181. The number of hydrogen-bond acceptors (Lipinski definition) is 1. The molecule has 1 nitrogen and oxygen atoms in total. The molecule has 0 aliphatic carbocycles. The second-order valence-corrected chi connectivity index (χ2v) is 3.20. The van der Waals surface area contributed by atoms with Gasteiger partial charge in [0.05, 0.1) is 0 Å². The van der Waals surface area contributed by atoms with Crippen LogP contribution >= 0.6 is 0 Å². The summed E-state index contributed by atoms with van der Waals surface area (Å²) in [6, 6.07) is 7.27. The number of phenolic OH excluding ortho intramolecular Hbond substituents is 1. The second-order valence-electron chi connectivity index (χ2n) is 1.55. The quantitative estimate of drug-likeness (QED) is 0.608. The monoisotopic (exact) mass is 213 g/mol. The van der Waals surface area contributed by atoms with Crippen LogP contribution in [0.15, 0.2) is 24.3 Å². The first kappa shape index (κ1) is 5.95. The molecule has 38 valence electrons. The first-order valence-corrected chi connectivity index (χ1v) is 3.72. The number of aromatic hydroxyl groups is 1. The van der Waals surface area contributed by atoms with E-state index in [0.717, 1.165) is 0 Å². The maximum absolute atomic E-state index is 8.83. The summed E-state index contributed by atoms with van der Waals surface area (Å²) in [6.45, 7) is 0. The number of phenols is 1. The third-order valence-electron chi connectivity index (χ3n) is 0.846. The average Bonchev–Trinajstić information content (AvgIpc) is 1.64. The Bertz CT molecular complexity index is 168. The van der Waals surface area contributed by atoms with Crippen LogP contribution < -0.4 is 3.58 Å². The topological polar surface area (TPSA) is 20.2 Å². The zero-order valence-electron chi connectivity index (χ0n) is 4.26. The molecule has 1 aromatic rings. The van der Waals surface area contributed by atoms with E-state index in [-0.39, 0.29) is 0 Å². The standard InChI is InChI=1S/C6H5O.Sn/c7-6-4-2-1-3-5-6;/h1-2,4-5,7H;/q;+1. The Labute approximate surface area is 61.4 Å². The molecule has 0 amide bonds. The molecule has 0 spiro atoms. The van der Waals surface area contributed by atoms with Gasteiger partial charge in [-0.25, -0.2) is 0 Å². The van der Waals surface area contributed by atoms with Crippen LogP contribution in [-0.4, -0.2) is 27.6 Å². The number of hydrogen-bond donors (Lipinski definition) is 1. The van der Waals surface area contributed by atoms with Crippen LogP contribution in [0.1, 0.15) is 0 Å². The molecule has 0 heterocycles. The molecule has 2 radical (unpaired) electrons. The Morgan fingerprint density at radius 2 is 2.12 bits per heavy atom. The fraction of sp³-hybridized carbons (Fsp3) is 0. The van der Waals surface area contributed by atoms with Crippen LogP contribution in [0.3, 0.4) is 0 Å². The van der Waals surface area contributed by atoms with E-state index in [9.17, 15) is 0 Å². The van der Waals surface area contributed by atoms with E-state index in [1.54, 1.807) is 12.1 Å². The van der Waals surface area contributed by atoms with Gasteiger partial charge in [0.2, 0.25) is 0 Å². The molecular formula is C6H5OSn+.